The van der Waals surface area contributed by atoms with E-state index in [2.05, 4.69) is 18.7 Å². The highest BCUT2D eigenvalue weighted by Gasteiger charge is 2.28. The number of para-hydroxylation sites is 1. The van der Waals surface area contributed by atoms with Crippen molar-refractivity contribution in [2.75, 3.05) is 6.61 Å². The Balaban J connectivity index is 1.72. The zero-order valence-electron chi connectivity index (χ0n) is 12.5. The molecule has 1 aromatic rings. The maximum absolute atomic E-state index is 12.3. The normalized spacial score (nSPS) is 22.6. The number of rotatable bonds is 5. The maximum atomic E-state index is 12.3. The number of hydrogen-bond donors (Lipinski definition) is 0. The molecule has 1 fully saturated rings. The summed E-state index contributed by atoms with van der Waals surface area (Å²) in [4.78, 5) is 14.4. The van der Waals surface area contributed by atoms with Gasteiger partial charge < -0.3 is 9.64 Å². The van der Waals surface area contributed by atoms with Gasteiger partial charge in [-0.3, -0.25) is 4.79 Å². The summed E-state index contributed by atoms with van der Waals surface area (Å²) in [5.74, 6) is 1.15. The molecule has 1 aliphatic heterocycles. The van der Waals surface area contributed by atoms with E-state index in [1.54, 1.807) is 0 Å². The molecule has 0 saturated carbocycles. The van der Waals surface area contributed by atoms with E-state index < -0.39 is 0 Å². The Hall–Kier alpha value is -1.51. The van der Waals surface area contributed by atoms with Crippen molar-refractivity contribution >= 4 is 5.91 Å². The van der Waals surface area contributed by atoms with E-state index in [1.165, 1.54) is 6.42 Å². The van der Waals surface area contributed by atoms with E-state index in [9.17, 15) is 4.79 Å². The quantitative estimate of drug-likeness (QED) is 0.768. The molecular weight excluding hydrogens is 250 g/mol. The summed E-state index contributed by atoms with van der Waals surface area (Å²) in [6, 6.07) is 10.5. The van der Waals surface area contributed by atoms with Crippen LogP contribution >= 0.6 is 0 Å². The third kappa shape index (κ3) is 3.99. The number of hydrogen-bond acceptors (Lipinski definition) is 2. The lowest BCUT2D eigenvalue weighted by atomic mass is 9.97. The molecule has 20 heavy (non-hydrogen) atoms. The molecule has 0 aliphatic carbocycles. The van der Waals surface area contributed by atoms with E-state index >= 15 is 0 Å². The van der Waals surface area contributed by atoms with Crippen molar-refractivity contribution in [2.45, 2.75) is 58.0 Å². The van der Waals surface area contributed by atoms with E-state index in [0.717, 1.165) is 25.0 Å². The molecule has 0 aromatic heterocycles. The average Bonchev–Trinajstić information content (AvgIpc) is 2.44. The second-order valence-electron chi connectivity index (χ2n) is 5.70. The molecule has 1 aromatic carbocycles. The van der Waals surface area contributed by atoms with Crippen molar-refractivity contribution < 1.29 is 9.53 Å². The summed E-state index contributed by atoms with van der Waals surface area (Å²) < 4.78 is 5.63. The highest BCUT2D eigenvalue weighted by molar-refractivity contribution is 5.76. The van der Waals surface area contributed by atoms with Gasteiger partial charge >= 0.3 is 0 Å². The highest BCUT2D eigenvalue weighted by atomic mass is 16.5. The first-order valence-corrected chi connectivity index (χ1v) is 7.67. The van der Waals surface area contributed by atoms with E-state index in [1.807, 2.05) is 30.3 Å². The molecule has 0 N–H and O–H groups in total. The second-order valence-corrected chi connectivity index (χ2v) is 5.70. The van der Waals surface area contributed by atoms with Crippen LogP contribution in [0, 0.1) is 0 Å². The monoisotopic (exact) mass is 275 g/mol. The van der Waals surface area contributed by atoms with Crippen molar-refractivity contribution in [3.63, 3.8) is 0 Å². The fourth-order valence-corrected chi connectivity index (χ4v) is 2.97. The molecule has 3 nitrogen and oxygen atoms in total. The van der Waals surface area contributed by atoms with Crippen molar-refractivity contribution in [1.82, 2.24) is 4.90 Å². The lowest BCUT2D eigenvalue weighted by molar-refractivity contribution is -0.137. The molecule has 3 heteroatoms. The van der Waals surface area contributed by atoms with Crippen molar-refractivity contribution in [2.24, 2.45) is 0 Å². The Bertz CT molecular complexity index is 408. The molecule has 2 atom stereocenters. The SMILES string of the molecule is CC1CCCC(C)N1C(=O)CCCOc1ccccc1. The Morgan fingerprint density at radius 3 is 2.50 bits per heavy atom. The fraction of sp³-hybridized carbons (Fsp3) is 0.588. The smallest absolute Gasteiger partial charge is 0.223 e. The lowest BCUT2D eigenvalue weighted by Crippen LogP contribution is -2.47. The minimum Gasteiger partial charge on any atom is -0.494 e. The topological polar surface area (TPSA) is 29.5 Å². The van der Waals surface area contributed by atoms with Crippen molar-refractivity contribution in [1.29, 1.82) is 0 Å². The maximum Gasteiger partial charge on any atom is 0.223 e. The average molecular weight is 275 g/mol. The van der Waals surface area contributed by atoms with Gasteiger partial charge in [0.25, 0.3) is 0 Å². The first-order chi connectivity index (χ1) is 9.68. The molecular formula is C17H25NO2. The molecule has 2 unspecified atom stereocenters. The molecule has 1 amide bonds. The number of amides is 1. The van der Waals surface area contributed by atoms with E-state index in [0.29, 0.717) is 25.1 Å². The van der Waals surface area contributed by atoms with Gasteiger partial charge in [-0.25, -0.2) is 0 Å². The minimum absolute atomic E-state index is 0.279. The van der Waals surface area contributed by atoms with Gasteiger partial charge in [0.2, 0.25) is 5.91 Å². The van der Waals surface area contributed by atoms with Gasteiger partial charge in [-0.05, 0) is 51.7 Å². The zero-order chi connectivity index (χ0) is 14.4. The Morgan fingerprint density at radius 1 is 1.20 bits per heavy atom. The molecule has 0 bridgehead atoms. The molecule has 1 heterocycles. The van der Waals surface area contributed by atoms with Crippen LogP contribution in [-0.2, 0) is 4.79 Å². The number of likely N-dealkylation sites (tertiary alicyclic amines) is 1. The highest BCUT2D eigenvalue weighted by Crippen LogP contribution is 2.23. The fourth-order valence-electron chi connectivity index (χ4n) is 2.97. The van der Waals surface area contributed by atoms with Crippen molar-refractivity contribution in [3.8, 4) is 5.75 Å². The first kappa shape index (κ1) is 14.9. The van der Waals surface area contributed by atoms with Crippen LogP contribution in [0.3, 0.4) is 0 Å². The van der Waals surface area contributed by atoms with Crippen LogP contribution in [0.2, 0.25) is 0 Å². The van der Waals surface area contributed by atoms with Gasteiger partial charge in [-0.2, -0.15) is 0 Å². The number of carbonyl (C=O) groups is 1. The van der Waals surface area contributed by atoms with Crippen molar-refractivity contribution in [3.05, 3.63) is 30.3 Å². The van der Waals surface area contributed by atoms with Gasteiger partial charge in [0.05, 0.1) is 6.61 Å². The van der Waals surface area contributed by atoms with Crippen LogP contribution in [0.4, 0.5) is 0 Å². The van der Waals surface area contributed by atoms with Crippen LogP contribution in [0.15, 0.2) is 30.3 Å². The molecule has 1 saturated heterocycles. The second kappa shape index (κ2) is 7.32. The summed E-state index contributed by atoms with van der Waals surface area (Å²) in [6.45, 7) is 4.93. The summed E-state index contributed by atoms with van der Waals surface area (Å²) >= 11 is 0. The predicted octanol–water partition coefficient (Wildman–Crippen LogP) is 3.64. The number of piperidine rings is 1. The van der Waals surface area contributed by atoms with Gasteiger partial charge in [0, 0.05) is 18.5 Å². The number of ether oxygens (including phenoxy) is 1. The summed E-state index contributed by atoms with van der Waals surface area (Å²) in [6.07, 6.45) is 4.88. The van der Waals surface area contributed by atoms with Crippen LogP contribution < -0.4 is 4.74 Å². The molecule has 0 spiro atoms. The molecule has 2 rings (SSSR count). The van der Waals surface area contributed by atoms with Gasteiger partial charge in [0.1, 0.15) is 5.75 Å². The summed E-state index contributed by atoms with van der Waals surface area (Å²) in [5, 5.41) is 0. The minimum atomic E-state index is 0.279. The molecule has 1 aliphatic rings. The zero-order valence-corrected chi connectivity index (χ0v) is 12.5. The Morgan fingerprint density at radius 2 is 1.85 bits per heavy atom. The van der Waals surface area contributed by atoms with E-state index in [4.69, 9.17) is 4.74 Å². The summed E-state index contributed by atoms with van der Waals surface area (Å²) in [7, 11) is 0. The third-order valence-corrected chi connectivity index (χ3v) is 4.03. The Labute approximate surface area is 121 Å². The van der Waals surface area contributed by atoms with Crippen LogP contribution in [0.25, 0.3) is 0 Å². The lowest BCUT2D eigenvalue weighted by Gasteiger charge is -2.39. The third-order valence-electron chi connectivity index (χ3n) is 4.03. The van der Waals surface area contributed by atoms with E-state index in [-0.39, 0.29) is 5.91 Å². The largest absolute Gasteiger partial charge is 0.494 e. The Kier molecular flexibility index (Phi) is 5.45. The molecule has 110 valence electrons. The summed E-state index contributed by atoms with van der Waals surface area (Å²) in [5.41, 5.74) is 0. The molecule has 0 radical (unpaired) electrons. The van der Waals surface area contributed by atoms with Gasteiger partial charge in [-0.15, -0.1) is 0 Å². The first-order valence-electron chi connectivity index (χ1n) is 7.67. The number of carbonyl (C=O) groups excluding carboxylic acids is 1. The van der Waals surface area contributed by atoms with Crippen LogP contribution in [-0.4, -0.2) is 29.5 Å². The predicted molar refractivity (Wildman–Crippen MR) is 80.8 cm³/mol. The number of benzene rings is 1. The van der Waals surface area contributed by atoms with Crippen LogP contribution in [0.5, 0.6) is 5.75 Å². The van der Waals surface area contributed by atoms with Crippen LogP contribution in [0.1, 0.15) is 46.0 Å². The number of nitrogens with zero attached hydrogens (tertiary/aromatic N) is 1. The van der Waals surface area contributed by atoms with Gasteiger partial charge in [-0.1, -0.05) is 18.2 Å². The van der Waals surface area contributed by atoms with Gasteiger partial charge in [0.15, 0.2) is 0 Å². The standard InChI is InChI=1S/C17H25NO2/c1-14-8-6-9-15(2)18(14)17(19)12-7-13-20-16-10-4-3-5-11-16/h3-5,10-11,14-15H,6-9,12-13H2,1-2H3.